The molecule has 0 aliphatic carbocycles. The highest BCUT2D eigenvalue weighted by molar-refractivity contribution is 7.15. The van der Waals surface area contributed by atoms with Gasteiger partial charge in [-0.3, -0.25) is 4.90 Å². The number of thiazole rings is 1. The van der Waals surface area contributed by atoms with Crippen molar-refractivity contribution in [2.75, 3.05) is 37.6 Å². The second-order valence-corrected chi connectivity index (χ2v) is 7.35. The molecule has 1 aromatic heterocycles. The zero-order chi connectivity index (χ0) is 14.7. The SMILES string of the molecule is CCNC(C)c1cnc(N2CCC(N3CCCCC3)C2)s1. The number of aromatic nitrogens is 1. The summed E-state index contributed by atoms with van der Waals surface area (Å²) in [5.41, 5.74) is 0. The predicted molar refractivity (Wildman–Crippen MR) is 90.2 cm³/mol. The first-order valence-electron chi connectivity index (χ1n) is 8.46. The number of hydrogen-bond donors (Lipinski definition) is 1. The highest BCUT2D eigenvalue weighted by Crippen LogP contribution is 2.31. The van der Waals surface area contributed by atoms with E-state index in [1.54, 1.807) is 0 Å². The van der Waals surface area contributed by atoms with Crippen LogP contribution in [-0.4, -0.2) is 48.6 Å². The van der Waals surface area contributed by atoms with Crippen LogP contribution in [0.1, 0.15) is 50.4 Å². The van der Waals surface area contributed by atoms with E-state index in [1.807, 2.05) is 11.3 Å². The van der Waals surface area contributed by atoms with E-state index in [-0.39, 0.29) is 0 Å². The summed E-state index contributed by atoms with van der Waals surface area (Å²) >= 11 is 1.86. The zero-order valence-corrected chi connectivity index (χ0v) is 14.2. The minimum atomic E-state index is 0.418. The van der Waals surface area contributed by atoms with Gasteiger partial charge in [0.25, 0.3) is 0 Å². The quantitative estimate of drug-likeness (QED) is 0.906. The average Bonchev–Trinajstić information content (AvgIpc) is 3.17. The molecule has 0 amide bonds. The van der Waals surface area contributed by atoms with E-state index < -0.39 is 0 Å². The first-order valence-corrected chi connectivity index (χ1v) is 9.27. The fourth-order valence-electron chi connectivity index (χ4n) is 3.53. The van der Waals surface area contributed by atoms with Crippen LogP contribution in [0.25, 0.3) is 0 Å². The Hall–Kier alpha value is -0.650. The lowest BCUT2D eigenvalue weighted by molar-refractivity contribution is 0.175. The molecule has 0 radical (unpaired) electrons. The lowest BCUT2D eigenvalue weighted by Gasteiger charge is -2.32. The summed E-state index contributed by atoms with van der Waals surface area (Å²) in [6, 6.07) is 1.17. The van der Waals surface area contributed by atoms with Crippen LogP contribution in [0.15, 0.2) is 6.20 Å². The second kappa shape index (κ2) is 7.07. The number of likely N-dealkylation sites (tertiary alicyclic amines) is 1. The lowest BCUT2D eigenvalue weighted by atomic mass is 10.1. The van der Waals surface area contributed by atoms with E-state index in [1.165, 1.54) is 61.9 Å². The normalized spacial score (nSPS) is 25.4. The number of nitrogens with one attached hydrogen (secondary N) is 1. The topological polar surface area (TPSA) is 31.4 Å². The van der Waals surface area contributed by atoms with Crippen LogP contribution >= 0.6 is 11.3 Å². The molecule has 2 atom stereocenters. The standard InChI is InChI=1S/C16H28N4S/c1-3-17-13(2)15-11-18-16(21-15)20-10-7-14(12-20)19-8-5-4-6-9-19/h11,13-14,17H,3-10,12H2,1-2H3. The van der Waals surface area contributed by atoms with Gasteiger partial charge in [0.05, 0.1) is 0 Å². The van der Waals surface area contributed by atoms with Crippen molar-refractivity contribution in [3.8, 4) is 0 Å². The number of hydrogen-bond acceptors (Lipinski definition) is 5. The predicted octanol–water partition coefficient (Wildman–Crippen LogP) is 2.88. The average molecular weight is 308 g/mol. The van der Waals surface area contributed by atoms with Gasteiger partial charge in [0.1, 0.15) is 0 Å². The van der Waals surface area contributed by atoms with E-state index in [0.29, 0.717) is 6.04 Å². The molecule has 1 aromatic rings. The summed E-state index contributed by atoms with van der Waals surface area (Å²) in [4.78, 5) is 11.2. The molecule has 2 saturated heterocycles. The Kier molecular flexibility index (Phi) is 5.14. The molecular weight excluding hydrogens is 280 g/mol. The largest absolute Gasteiger partial charge is 0.346 e. The molecule has 4 nitrogen and oxygen atoms in total. The van der Waals surface area contributed by atoms with Crippen LogP contribution < -0.4 is 10.2 Å². The van der Waals surface area contributed by atoms with Crippen molar-refractivity contribution in [1.29, 1.82) is 0 Å². The summed E-state index contributed by atoms with van der Waals surface area (Å²) in [5.74, 6) is 0. The maximum atomic E-state index is 4.67. The molecule has 3 rings (SSSR count). The molecular formula is C16H28N4S. The third kappa shape index (κ3) is 3.58. The molecule has 2 unspecified atom stereocenters. The Labute approximate surface area is 132 Å². The Morgan fingerprint density at radius 2 is 2.14 bits per heavy atom. The van der Waals surface area contributed by atoms with Gasteiger partial charge in [0.2, 0.25) is 0 Å². The molecule has 2 aliphatic rings. The monoisotopic (exact) mass is 308 g/mol. The minimum Gasteiger partial charge on any atom is -0.346 e. The highest BCUT2D eigenvalue weighted by Gasteiger charge is 2.29. The fourth-order valence-corrected chi connectivity index (χ4v) is 4.50. The summed E-state index contributed by atoms with van der Waals surface area (Å²) in [6.07, 6.45) is 7.56. The van der Waals surface area contributed by atoms with Crippen molar-refractivity contribution in [3.05, 3.63) is 11.1 Å². The Bertz CT molecular complexity index is 441. The van der Waals surface area contributed by atoms with Gasteiger partial charge in [0.15, 0.2) is 5.13 Å². The van der Waals surface area contributed by atoms with Gasteiger partial charge in [-0.1, -0.05) is 13.3 Å². The second-order valence-electron chi connectivity index (χ2n) is 6.31. The van der Waals surface area contributed by atoms with E-state index in [2.05, 4.69) is 40.1 Å². The van der Waals surface area contributed by atoms with Crippen molar-refractivity contribution in [3.63, 3.8) is 0 Å². The van der Waals surface area contributed by atoms with E-state index in [0.717, 1.165) is 12.6 Å². The van der Waals surface area contributed by atoms with Gasteiger partial charge in [-0.25, -0.2) is 4.98 Å². The van der Waals surface area contributed by atoms with Crippen LogP contribution in [0, 0.1) is 0 Å². The molecule has 118 valence electrons. The number of anilines is 1. The van der Waals surface area contributed by atoms with Crippen molar-refractivity contribution in [2.45, 2.75) is 51.6 Å². The summed E-state index contributed by atoms with van der Waals surface area (Å²) in [5, 5.41) is 4.69. The van der Waals surface area contributed by atoms with Crippen LogP contribution in [0.4, 0.5) is 5.13 Å². The van der Waals surface area contributed by atoms with Crippen LogP contribution in [0.3, 0.4) is 0 Å². The Balaban J connectivity index is 1.58. The van der Waals surface area contributed by atoms with Crippen molar-refractivity contribution >= 4 is 16.5 Å². The molecule has 0 spiro atoms. The summed E-state index contributed by atoms with van der Waals surface area (Å²) in [6.45, 7) is 10.3. The van der Waals surface area contributed by atoms with Gasteiger partial charge < -0.3 is 10.2 Å². The molecule has 2 fully saturated rings. The first-order chi connectivity index (χ1) is 10.3. The highest BCUT2D eigenvalue weighted by atomic mass is 32.1. The van der Waals surface area contributed by atoms with E-state index in [4.69, 9.17) is 0 Å². The van der Waals surface area contributed by atoms with Gasteiger partial charge >= 0.3 is 0 Å². The number of rotatable bonds is 5. The maximum absolute atomic E-state index is 4.67. The third-order valence-corrected chi connectivity index (χ3v) is 6.03. The Morgan fingerprint density at radius 1 is 1.33 bits per heavy atom. The van der Waals surface area contributed by atoms with Crippen molar-refractivity contribution in [2.24, 2.45) is 0 Å². The fraction of sp³-hybridized carbons (Fsp3) is 0.812. The van der Waals surface area contributed by atoms with E-state index in [9.17, 15) is 0 Å². The first kappa shape index (κ1) is 15.3. The maximum Gasteiger partial charge on any atom is 0.185 e. The van der Waals surface area contributed by atoms with Crippen molar-refractivity contribution < 1.29 is 0 Å². The summed E-state index contributed by atoms with van der Waals surface area (Å²) < 4.78 is 0. The zero-order valence-electron chi connectivity index (χ0n) is 13.3. The molecule has 3 heterocycles. The molecule has 0 bridgehead atoms. The third-order valence-electron chi connectivity index (χ3n) is 4.79. The summed E-state index contributed by atoms with van der Waals surface area (Å²) in [7, 11) is 0. The molecule has 0 aromatic carbocycles. The molecule has 21 heavy (non-hydrogen) atoms. The van der Waals surface area contributed by atoms with Crippen LogP contribution in [-0.2, 0) is 0 Å². The minimum absolute atomic E-state index is 0.418. The van der Waals surface area contributed by atoms with Gasteiger partial charge in [-0.05, 0) is 45.8 Å². The molecule has 5 heteroatoms. The lowest BCUT2D eigenvalue weighted by Crippen LogP contribution is -2.40. The van der Waals surface area contributed by atoms with E-state index >= 15 is 0 Å². The number of piperidine rings is 1. The molecule has 2 aliphatic heterocycles. The van der Waals surface area contributed by atoms with Gasteiger partial charge in [-0.2, -0.15) is 0 Å². The van der Waals surface area contributed by atoms with Gasteiger partial charge in [-0.15, -0.1) is 11.3 Å². The van der Waals surface area contributed by atoms with Crippen LogP contribution in [0.2, 0.25) is 0 Å². The smallest absolute Gasteiger partial charge is 0.185 e. The van der Waals surface area contributed by atoms with Crippen molar-refractivity contribution in [1.82, 2.24) is 15.2 Å². The van der Waals surface area contributed by atoms with Gasteiger partial charge in [0, 0.05) is 36.2 Å². The number of nitrogens with zero attached hydrogens (tertiary/aromatic N) is 3. The Morgan fingerprint density at radius 3 is 2.90 bits per heavy atom. The molecule has 0 saturated carbocycles. The molecule has 1 N–H and O–H groups in total. The van der Waals surface area contributed by atoms with Crippen LogP contribution in [0.5, 0.6) is 0 Å².